The van der Waals surface area contributed by atoms with Crippen LogP contribution in [-0.4, -0.2) is 38.7 Å². The molecular weight excluding hydrogens is 453 g/mol. The number of amides is 1. The first-order chi connectivity index (χ1) is 16.0. The van der Waals surface area contributed by atoms with Gasteiger partial charge in [-0.2, -0.15) is 4.68 Å². The van der Waals surface area contributed by atoms with E-state index in [1.165, 1.54) is 29.2 Å². The Morgan fingerprint density at radius 1 is 1.15 bits per heavy atom. The summed E-state index contributed by atoms with van der Waals surface area (Å²) in [5.41, 5.74) is 0.409. The number of carbonyl (C=O) groups excluding carboxylic acids is 2. The van der Waals surface area contributed by atoms with Crippen LogP contribution in [0.15, 0.2) is 71.3 Å². The van der Waals surface area contributed by atoms with Gasteiger partial charge in [-0.15, -0.1) is 5.10 Å². The average Bonchev–Trinajstić information content (AvgIpc) is 3.51. The Balaban J connectivity index is 1.55. The highest BCUT2D eigenvalue weighted by atomic mass is 35.5. The van der Waals surface area contributed by atoms with Crippen LogP contribution >= 0.6 is 11.6 Å². The molecule has 0 fully saturated rings. The molecule has 0 saturated carbocycles. The van der Waals surface area contributed by atoms with Gasteiger partial charge in [0.2, 0.25) is 0 Å². The summed E-state index contributed by atoms with van der Waals surface area (Å²) in [6.07, 6.45) is 2.80. The Kier molecular flexibility index (Phi) is 6.56. The third-order valence-corrected chi connectivity index (χ3v) is 4.53. The van der Waals surface area contributed by atoms with Crippen molar-refractivity contribution in [3.8, 4) is 11.4 Å². The van der Waals surface area contributed by atoms with E-state index in [4.69, 9.17) is 20.8 Å². The van der Waals surface area contributed by atoms with Gasteiger partial charge in [0.05, 0.1) is 12.0 Å². The van der Waals surface area contributed by atoms with E-state index in [1.54, 1.807) is 36.4 Å². The molecule has 4 rings (SSSR count). The molecule has 1 N–H and O–H groups in total. The summed E-state index contributed by atoms with van der Waals surface area (Å²) < 4.78 is 25.4. The first-order valence-corrected chi connectivity index (χ1v) is 9.90. The van der Waals surface area contributed by atoms with E-state index in [0.29, 0.717) is 11.3 Å². The number of hydrogen-bond donors (Lipinski definition) is 1. The van der Waals surface area contributed by atoms with Crippen LogP contribution in [0.3, 0.4) is 0 Å². The van der Waals surface area contributed by atoms with Gasteiger partial charge in [0.1, 0.15) is 11.6 Å². The van der Waals surface area contributed by atoms with Crippen LogP contribution in [-0.2, 0) is 14.3 Å². The first-order valence-electron chi connectivity index (χ1n) is 9.52. The number of esters is 1. The van der Waals surface area contributed by atoms with Crippen molar-refractivity contribution in [2.45, 2.75) is 0 Å². The molecule has 166 valence electrons. The van der Waals surface area contributed by atoms with Crippen LogP contribution in [0.4, 0.5) is 10.1 Å². The molecule has 4 aromatic rings. The number of halogens is 2. The third-order valence-electron chi connectivity index (χ3n) is 4.30. The number of tetrazole rings is 1. The number of anilines is 1. The van der Waals surface area contributed by atoms with Crippen molar-refractivity contribution in [2.24, 2.45) is 0 Å². The van der Waals surface area contributed by atoms with Gasteiger partial charge in [0.25, 0.3) is 5.91 Å². The molecule has 33 heavy (non-hydrogen) atoms. The van der Waals surface area contributed by atoms with Gasteiger partial charge in [0, 0.05) is 16.7 Å². The van der Waals surface area contributed by atoms with Crippen molar-refractivity contribution in [2.75, 3.05) is 11.9 Å². The fourth-order valence-electron chi connectivity index (χ4n) is 2.82. The summed E-state index contributed by atoms with van der Waals surface area (Å²) in [7, 11) is 0. The molecule has 0 aliphatic carbocycles. The quantitative estimate of drug-likeness (QED) is 0.324. The van der Waals surface area contributed by atoms with Crippen LogP contribution in [0.1, 0.15) is 5.76 Å². The van der Waals surface area contributed by atoms with Gasteiger partial charge in [-0.25, -0.2) is 9.18 Å². The Morgan fingerprint density at radius 2 is 1.97 bits per heavy atom. The molecule has 0 unspecified atom stereocenters. The van der Waals surface area contributed by atoms with Gasteiger partial charge in [-0.1, -0.05) is 41.9 Å². The van der Waals surface area contributed by atoms with Crippen molar-refractivity contribution in [1.82, 2.24) is 20.2 Å². The molecule has 0 radical (unpaired) electrons. The van der Waals surface area contributed by atoms with E-state index in [1.807, 2.05) is 6.07 Å². The highest BCUT2D eigenvalue weighted by molar-refractivity contribution is 6.30. The molecule has 0 spiro atoms. The van der Waals surface area contributed by atoms with Crippen molar-refractivity contribution in [3.63, 3.8) is 0 Å². The lowest BCUT2D eigenvalue weighted by Gasteiger charge is -2.10. The standard InChI is InChI=1S/C22H15ClFN5O4/c23-15-8-9-17(24)18(11-15)25-20(30)13-33-22(31)19(12-16-7-4-10-32-16)29-21(26-27-28-29)14-5-2-1-3-6-14/h1-12H,13H2,(H,25,30)/b19-12-. The number of nitrogens with zero attached hydrogens (tertiary/aromatic N) is 4. The topological polar surface area (TPSA) is 112 Å². The second kappa shape index (κ2) is 9.88. The minimum absolute atomic E-state index is 0.101. The summed E-state index contributed by atoms with van der Waals surface area (Å²) in [5, 5.41) is 14.1. The number of nitrogens with one attached hydrogen (secondary N) is 1. The minimum Gasteiger partial charge on any atom is -0.465 e. The maximum absolute atomic E-state index is 13.8. The van der Waals surface area contributed by atoms with E-state index < -0.39 is 24.3 Å². The van der Waals surface area contributed by atoms with Gasteiger partial charge in [-0.05, 0) is 40.8 Å². The second-order valence-electron chi connectivity index (χ2n) is 6.57. The van der Waals surface area contributed by atoms with Crippen LogP contribution in [0.2, 0.25) is 5.02 Å². The third kappa shape index (κ3) is 5.31. The molecule has 0 atom stereocenters. The zero-order valence-corrected chi connectivity index (χ0v) is 17.6. The molecule has 2 aromatic heterocycles. The van der Waals surface area contributed by atoms with E-state index in [0.717, 1.165) is 6.07 Å². The molecule has 0 aliphatic heterocycles. The van der Waals surface area contributed by atoms with Crippen molar-refractivity contribution in [3.05, 3.63) is 83.5 Å². The van der Waals surface area contributed by atoms with Crippen molar-refractivity contribution in [1.29, 1.82) is 0 Å². The zero-order valence-electron chi connectivity index (χ0n) is 16.8. The number of aromatic nitrogens is 4. The fourth-order valence-corrected chi connectivity index (χ4v) is 2.99. The first kappa shape index (κ1) is 21.9. The smallest absolute Gasteiger partial charge is 0.357 e. The minimum atomic E-state index is -0.905. The molecule has 2 aromatic carbocycles. The zero-order chi connectivity index (χ0) is 23.2. The van der Waals surface area contributed by atoms with Crippen LogP contribution in [0.5, 0.6) is 0 Å². The predicted octanol–water partition coefficient (Wildman–Crippen LogP) is 3.91. The summed E-state index contributed by atoms with van der Waals surface area (Å²) in [4.78, 5) is 25.1. The largest absolute Gasteiger partial charge is 0.465 e. The summed E-state index contributed by atoms with van der Waals surface area (Å²) in [5.74, 6) is -1.74. The normalized spacial score (nSPS) is 11.3. The van der Waals surface area contributed by atoms with Crippen molar-refractivity contribution >= 4 is 40.9 Å². The van der Waals surface area contributed by atoms with Crippen LogP contribution < -0.4 is 5.32 Å². The molecule has 2 heterocycles. The highest BCUT2D eigenvalue weighted by Crippen LogP contribution is 2.22. The SMILES string of the molecule is O=C(COC(=O)/C(=C/c1ccco1)n1nnnc1-c1ccccc1)Nc1cc(Cl)ccc1F. The Labute approximate surface area is 191 Å². The number of hydrogen-bond acceptors (Lipinski definition) is 7. The molecule has 0 bridgehead atoms. The number of ether oxygens (including phenoxy) is 1. The highest BCUT2D eigenvalue weighted by Gasteiger charge is 2.22. The van der Waals surface area contributed by atoms with Crippen LogP contribution in [0.25, 0.3) is 23.2 Å². The average molecular weight is 468 g/mol. The van der Waals surface area contributed by atoms with Crippen molar-refractivity contribution < 1.29 is 23.1 Å². The summed E-state index contributed by atoms with van der Waals surface area (Å²) >= 11 is 5.82. The summed E-state index contributed by atoms with van der Waals surface area (Å²) in [6, 6.07) is 15.9. The van der Waals surface area contributed by atoms with Gasteiger partial charge < -0.3 is 14.5 Å². The predicted molar refractivity (Wildman–Crippen MR) is 117 cm³/mol. The van der Waals surface area contributed by atoms with Gasteiger partial charge in [0.15, 0.2) is 18.1 Å². The van der Waals surface area contributed by atoms with E-state index >= 15 is 0 Å². The number of furan rings is 1. The molecule has 9 nitrogen and oxygen atoms in total. The van der Waals surface area contributed by atoms with Crippen LogP contribution in [0, 0.1) is 5.82 Å². The van der Waals surface area contributed by atoms with E-state index in [-0.39, 0.29) is 22.2 Å². The maximum atomic E-state index is 13.8. The maximum Gasteiger partial charge on any atom is 0.357 e. The number of rotatable bonds is 7. The molecule has 0 saturated heterocycles. The van der Waals surface area contributed by atoms with Gasteiger partial charge >= 0.3 is 5.97 Å². The number of benzene rings is 2. The molecule has 1 amide bonds. The second-order valence-corrected chi connectivity index (χ2v) is 7.01. The Morgan fingerprint density at radius 3 is 2.73 bits per heavy atom. The monoisotopic (exact) mass is 467 g/mol. The fraction of sp³-hybridized carbons (Fsp3) is 0.0455. The van der Waals surface area contributed by atoms with E-state index in [9.17, 15) is 14.0 Å². The number of carbonyl (C=O) groups is 2. The summed E-state index contributed by atoms with van der Waals surface area (Å²) in [6.45, 7) is -0.691. The molecular formula is C22H15ClFN5O4. The van der Waals surface area contributed by atoms with Gasteiger partial charge in [-0.3, -0.25) is 4.79 Å². The molecule has 0 aliphatic rings. The lowest BCUT2D eigenvalue weighted by Crippen LogP contribution is -2.23. The van der Waals surface area contributed by atoms with E-state index in [2.05, 4.69) is 20.8 Å². The molecule has 11 heteroatoms. The lowest BCUT2D eigenvalue weighted by atomic mass is 10.2. The Bertz CT molecular complexity index is 1310. The lowest BCUT2D eigenvalue weighted by molar-refractivity contribution is -0.141. The Hall–Kier alpha value is -4.31.